The topological polar surface area (TPSA) is 113 Å². The van der Waals surface area contributed by atoms with Crippen molar-refractivity contribution in [3.63, 3.8) is 0 Å². The van der Waals surface area contributed by atoms with Crippen molar-refractivity contribution in [1.29, 1.82) is 0 Å². The Balaban J connectivity index is 1.33. The van der Waals surface area contributed by atoms with E-state index in [1.807, 2.05) is 0 Å². The van der Waals surface area contributed by atoms with E-state index in [2.05, 4.69) is 26.6 Å². The molecule has 0 spiro atoms. The number of nitrogens with one attached hydrogen (secondary N) is 5. The maximum absolute atomic E-state index is 14.4. The molecule has 2 aliphatic carbocycles. The maximum Gasteiger partial charge on any atom is 0.411 e. The van der Waals surface area contributed by atoms with Crippen LogP contribution < -0.4 is 26.6 Å². The summed E-state index contributed by atoms with van der Waals surface area (Å²) in [4.78, 5) is 0. The van der Waals surface area contributed by atoms with Crippen molar-refractivity contribution in [3.05, 3.63) is 0 Å². The Morgan fingerprint density at radius 3 is 2.08 bits per heavy atom. The highest BCUT2D eigenvalue weighted by Crippen LogP contribution is 2.37. The Hall–Kier alpha value is -0.660. The van der Waals surface area contributed by atoms with Crippen LogP contribution in [-0.2, 0) is 19.3 Å². The summed E-state index contributed by atoms with van der Waals surface area (Å²) >= 11 is 0. The Kier molecular flexibility index (Phi) is 10.7. The standard InChI is InChI=1S/C23H39F7N6O3S/c24-17-6-1-2-7-18(17)40(37,38)36-10-8-15(9-11-36)31-19-33-20(35-21(34-19)39-13-22(25,26)27)32-16-5-3-4-14(12-16)23(28,29)30/h14-21,31-35H,1-13H2. The Morgan fingerprint density at radius 1 is 0.850 bits per heavy atom. The molecule has 2 saturated carbocycles. The summed E-state index contributed by atoms with van der Waals surface area (Å²) in [5.41, 5.74) is 0. The molecular formula is C23H39F7N6O3S. The summed E-state index contributed by atoms with van der Waals surface area (Å²) in [5, 5.41) is 13.8. The van der Waals surface area contributed by atoms with Gasteiger partial charge in [0.2, 0.25) is 0 Å². The van der Waals surface area contributed by atoms with E-state index in [0.29, 0.717) is 44.9 Å². The van der Waals surface area contributed by atoms with Crippen molar-refractivity contribution < 1.29 is 44.2 Å². The molecule has 5 N–H and O–H groups in total. The molecule has 0 radical (unpaired) electrons. The molecule has 4 rings (SSSR count). The Bertz CT molecular complexity index is 864. The van der Waals surface area contributed by atoms with E-state index in [1.165, 1.54) is 4.31 Å². The lowest BCUT2D eigenvalue weighted by atomic mass is 9.85. The molecule has 9 nitrogen and oxygen atoms in total. The van der Waals surface area contributed by atoms with Crippen molar-refractivity contribution in [3.8, 4) is 0 Å². The highest BCUT2D eigenvalue weighted by atomic mass is 32.3. The third-order valence-electron chi connectivity index (χ3n) is 8.14. The van der Waals surface area contributed by atoms with Gasteiger partial charge in [-0.1, -0.05) is 17.1 Å². The van der Waals surface area contributed by atoms with Crippen LogP contribution in [0.2, 0.25) is 0 Å². The fourth-order valence-corrected chi connectivity index (χ4v) is 8.12. The highest BCUT2D eigenvalue weighted by Gasteiger charge is 2.46. The first-order valence-electron chi connectivity index (χ1n) is 13.9. The minimum atomic E-state index is -4.58. The smallest absolute Gasteiger partial charge is 0.411 e. The van der Waals surface area contributed by atoms with E-state index in [0.717, 1.165) is 0 Å². The lowest BCUT2D eigenvalue weighted by molar-refractivity contribution is -0.199. The van der Waals surface area contributed by atoms with E-state index >= 15 is 0 Å². The Morgan fingerprint density at radius 2 is 1.48 bits per heavy atom. The molecule has 4 aliphatic rings. The molecule has 0 amide bonds. The fourth-order valence-electron chi connectivity index (χ4n) is 6.05. The molecular weight excluding hydrogens is 573 g/mol. The molecule has 234 valence electrons. The van der Waals surface area contributed by atoms with Gasteiger partial charge in [-0.3, -0.25) is 26.6 Å². The average Bonchev–Trinajstić information content (AvgIpc) is 2.87. The summed E-state index contributed by atoms with van der Waals surface area (Å²) in [5.74, 6) is -1.45. The van der Waals surface area contributed by atoms with Gasteiger partial charge < -0.3 is 9.29 Å². The number of nitrogens with zero attached hydrogens (tertiary/aromatic N) is 1. The number of rotatable bonds is 8. The zero-order valence-electron chi connectivity index (χ0n) is 22.0. The number of piperidine rings is 1. The second-order valence-corrected chi connectivity index (χ2v) is 13.3. The van der Waals surface area contributed by atoms with E-state index in [-0.39, 0.29) is 38.4 Å². The maximum atomic E-state index is 14.4. The van der Waals surface area contributed by atoms with Gasteiger partial charge in [0, 0.05) is 25.2 Å². The van der Waals surface area contributed by atoms with Crippen LogP contribution in [0.3, 0.4) is 0 Å². The molecule has 0 bridgehead atoms. The van der Waals surface area contributed by atoms with Crippen LogP contribution in [0.15, 0.2) is 0 Å². The molecule has 17 heteroatoms. The second kappa shape index (κ2) is 13.3. The summed E-state index contributed by atoms with van der Waals surface area (Å²) in [6.45, 7) is -1.20. The lowest BCUT2D eigenvalue weighted by Gasteiger charge is -2.44. The van der Waals surface area contributed by atoms with Gasteiger partial charge in [0.1, 0.15) is 35.8 Å². The van der Waals surface area contributed by atoms with Gasteiger partial charge in [0.15, 0.2) is 11.6 Å². The monoisotopic (exact) mass is 612 g/mol. The number of halogens is 7. The zero-order chi connectivity index (χ0) is 29.1. The van der Waals surface area contributed by atoms with Crippen LogP contribution in [0.4, 0.5) is 30.7 Å². The Labute approximate surface area is 230 Å². The van der Waals surface area contributed by atoms with Crippen LogP contribution in [0.1, 0.15) is 64.2 Å². The van der Waals surface area contributed by atoms with Crippen LogP contribution in [0, 0.1) is 5.92 Å². The molecule has 0 aromatic carbocycles. The SMILES string of the molecule is O=[S+]([O-])(C1CCCCC1F)N1CCC(NC2NC(NC3CCCC(C(F)(F)F)C3)NC(OCC(F)(F)F)N2)CC1. The predicted molar refractivity (Wildman–Crippen MR) is 131 cm³/mol. The van der Waals surface area contributed by atoms with Gasteiger partial charge in [0.25, 0.3) is 0 Å². The molecule has 8 atom stereocenters. The third kappa shape index (κ3) is 8.92. The van der Waals surface area contributed by atoms with Crippen molar-refractivity contribution in [2.24, 2.45) is 5.92 Å². The van der Waals surface area contributed by atoms with Gasteiger partial charge in [-0.05, 0) is 51.4 Å². The van der Waals surface area contributed by atoms with Crippen molar-refractivity contribution in [1.82, 2.24) is 30.9 Å². The van der Waals surface area contributed by atoms with Gasteiger partial charge >= 0.3 is 12.4 Å². The summed E-state index contributed by atoms with van der Waals surface area (Å²) in [6.07, 6.45) is -9.81. The summed E-state index contributed by atoms with van der Waals surface area (Å²) in [6, 6.07) is -0.741. The van der Waals surface area contributed by atoms with Crippen LogP contribution >= 0.6 is 0 Å². The van der Waals surface area contributed by atoms with Gasteiger partial charge in [-0.15, -0.1) is 4.31 Å². The minimum Gasteiger partial charge on any atom is -0.597 e. The molecule has 40 heavy (non-hydrogen) atoms. The van der Waals surface area contributed by atoms with Gasteiger partial charge in [-0.25, -0.2) is 4.39 Å². The van der Waals surface area contributed by atoms with E-state index in [9.17, 15) is 39.5 Å². The first kappa shape index (κ1) is 32.3. The molecule has 2 heterocycles. The molecule has 2 saturated heterocycles. The van der Waals surface area contributed by atoms with Crippen molar-refractivity contribution >= 4 is 10.4 Å². The number of ether oxygens (including phenoxy) is 1. The first-order valence-corrected chi connectivity index (χ1v) is 15.4. The quantitative estimate of drug-likeness (QED) is 0.210. The van der Waals surface area contributed by atoms with Gasteiger partial charge in [0.05, 0.1) is 5.92 Å². The molecule has 0 aromatic rings. The summed E-state index contributed by atoms with van der Waals surface area (Å²) in [7, 11) is -3.79. The van der Waals surface area contributed by atoms with E-state index in [4.69, 9.17) is 4.74 Å². The zero-order valence-corrected chi connectivity index (χ0v) is 22.9. The molecule has 4 fully saturated rings. The number of hydrogen-bond donors (Lipinski definition) is 5. The second-order valence-electron chi connectivity index (χ2n) is 11.2. The van der Waals surface area contributed by atoms with Crippen LogP contribution in [0.5, 0.6) is 0 Å². The van der Waals surface area contributed by atoms with Crippen LogP contribution in [-0.4, -0.2) is 83.3 Å². The largest absolute Gasteiger partial charge is 0.597 e. The predicted octanol–water partition coefficient (Wildman–Crippen LogP) is 2.79. The van der Waals surface area contributed by atoms with Crippen molar-refractivity contribution in [2.45, 2.75) is 119 Å². The van der Waals surface area contributed by atoms with E-state index in [1.54, 1.807) is 0 Å². The van der Waals surface area contributed by atoms with E-state index < -0.39 is 71.7 Å². The molecule has 8 unspecified atom stereocenters. The molecule has 0 aromatic heterocycles. The minimum absolute atomic E-state index is 0.0391. The number of hydrogen-bond acceptors (Lipinski definition) is 8. The normalized spacial score (nSPS) is 37.2. The fraction of sp³-hybridized carbons (Fsp3) is 1.00. The average molecular weight is 613 g/mol. The van der Waals surface area contributed by atoms with Crippen molar-refractivity contribution in [2.75, 3.05) is 19.7 Å². The first-order chi connectivity index (χ1) is 18.7. The summed E-state index contributed by atoms with van der Waals surface area (Å²) < 4.78 is 125. The lowest BCUT2D eigenvalue weighted by Crippen LogP contribution is -2.76. The number of alkyl halides is 7. The highest BCUT2D eigenvalue weighted by molar-refractivity contribution is 7.96. The molecule has 2 aliphatic heterocycles. The van der Waals surface area contributed by atoms with Crippen LogP contribution in [0.25, 0.3) is 0 Å². The van der Waals surface area contributed by atoms with Gasteiger partial charge in [-0.2, -0.15) is 26.3 Å². The third-order valence-corrected chi connectivity index (χ3v) is 10.5. The number of sulfonamides is 1.